The maximum atomic E-state index is 12.2. The summed E-state index contributed by atoms with van der Waals surface area (Å²) in [4.78, 5) is 26.0. The maximum absolute atomic E-state index is 12.2. The average molecular weight is 361 g/mol. The number of pyridine rings is 1. The van der Waals surface area contributed by atoms with Crippen molar-refractivity contribution < 1.29 is 9.21 Å². The van der Waals surface area contributed by atoms with Gasteiger partial charge in [-0.05, 0) is 41.1 Å². The summed E-state index contributed by atoms with van der Waals surface area (Å²) in [5.41, 5.74) is 0.877. The smallest absolute Gasteiger partial charge is 0.262 e. The zero-order chi connectivity index (χ0) is 15.7. The third-order valence-electron chi connectivity index (χ3n) is 3.34. The number of fused-ring (bicyclic) bond motifs is 1. The van der Waals surface area contributed by atoms with Gasteiger partial charge in [-0.3, -0.25) is 9.59 Å². The third-order valence-corrected chi connectivity index (χ3v) is 3.93. The van der Waals surface area contributed by atoms with Crippen molar-refractivity contribution in [3.63, 3.8) is 0 Å². The quantitative estimate of drug-likeness (QED) is 0.751. The standard InChI is InChI=1S/C16H13BrN2O3/c1-9(14-7-10-4-2-3-5-13(10)22-14)19-15(20)11-6-12(17)16(21)18-8-11/h2-9H,1H3,(H,18,21)(H,19,20). The summed E-state index contributed by atoms with van der Waals surface area (Å²) in [6.07, 6.45) is 1.38. The molecule has 0 aliphatic carbocycles. The number of halogens is 1. The first kappa shape index (κ1) is 14.6. The van der Waals surface area contributed by atoms with Gasteiger partial charge < -0.3 is 14.7 Å². The van der Waals surface area contributed by atoms with Crippen LogP contribution in [0, 0.1) is 0 Å². The van der Waals surface area contributed by atoms with Crippen molar-refractivity contribution in [2.75, 3.05) is 0 Å². The Bertz CT molecular complexity index is 865. The predicted octanol–water partition coefficient (Wildman–Crippen LogP) is 3.37. The van der Waals surface area contributed by atoms with Gasteiger partial charge in [0, 0.05) is 11.6 Å². The Hall–Kier alpha value is -2.34. The van der Waals surface area contributed by atoms with Crippen molar-refractivity contribution >= 4 is 32.8 Å². The Morgan fingerprint density at radius 2 is 2.09 bits per heavy atom. The van der Waals surface area contributed by atoms with Gasteiger partial charge in [-0.2, -0.15) is 0 Å². The van der Waals surface area contributed by atoms with E-state index in [9.17, 15) is 9.59 Å². The molecule has 2 heterocycles. The van der Waals surface area contributed by atoms with E-state index < -0.39 is 0 Å². The molecule has 6 heteroatoms. The SMILES string of the molecule is CC(NC(=O)c1c[nH]c(=O)c(Br)c1)c1cc2ccccc2o1. The van der Waals surface area contributed by atoms with E-state index in [2.05, 4.69) is 26.2 Å². The summed E-state index contributed by atoms with van der Waals surface area (Å²) in [6.45, 7) is 1.84. The fourth-order valence-corrected chi connectivity index (χ4v) is 2.52. The van der Waals surface area contributed by atoms with E-state index in [1.807, 2.05) is 37.3 Å². The lowest BCUT2D eigenvalue weighted by Crippen LogP contribution is -2.27. The lowest BCUT2D eigenvalue weighted by Gasteiger charge is -2.11. The summed E-state index contributed by atoms with van der Waals surface area (Å²) in [7, 11) is 0. The van der Waals surface area contributed by atoms with Gasteiger partial charge in [0.2, 0.25) is 0 Å². The monoisotopic (exact) mass is 360 g/mol. The molecule has 1 aromatic carbocycles. The number of furan rings is 1. The van der Waals surface area contributed by atoms with Gasteiger partial charge in [-0.25, -0.2) is 0 Å². The Kier molecular flexibility index (Phi) is 3.85. The molecule has 0 saturated carbocycles. The molecular weight excluding hydrogens is 348 g/mol. The highest BCUT2D eigenvalue weighted by atomic mass is 79.9. The minimum atomic E-state index is -0.287. The molecule has 0 aliphatic heterocycles. The minimum Gasteiger partial charge on any atom is -0.459 e. The lowest BCUT2D eigenvalue weighted by molar-refractivity contribution is 0.0935. The average Bonchev–Trinajstić information content (AvgIpc) is 2.94. The topological polar surface area (TPSA) is 75.1 Å². The highest BCUT2D eigenvalue weighted by Crippen LogP contribution is 2.23. The van der Waals surface area contributed by atoms with Crippen LogP contribution in [0.25, 0.3) is 11.0 Å². The molecule has 1 unspecified atom stereocenters. The molecule has 3 rings (SSSR count). The molecule has 0 radical (unpaired) electrons. The van der Waals surface area contributed by atoms with Crippen LogP contribution in [0.4, 0.5) is 0 Å². The highest BCUT2D eigenvalue weighted by molar-refractivity contribution is 9.10. The lowest BCUT2D eigenvalue weighted by atomic mass is 10.2. The largest absolute Gasteiger partial charge is 0.459 e. The van der Waals surface area contributed by atoms with Gasteiger partial charge in [0.15, 0.2) is 0 Å². The number of hydrogen-bond acceptors (Lipinski definition) is 3. The fraction of sp³-hybridized carbons (Fsp3) is 0.125. The first-order chi connectivity index (χ1) is 10.5. The van der Waals surface area contributed by atoms with Crippen molar-refractivity contribution in [1.82, 2.24) is 10.3 Å². The van der Waals surface area contributed by atoms with Crippen LogP contribution in [0.3, 0.4) is 0 Å². The predicted molar refractivity (Wildman–Crippen MR) is 86.9 cm³/mol. The first-order valence-corrected chi connectivity index (χ1v) is 7.51. The second-order valence-corrected chi connectivity index (χ2v) is 5.80. The molecule has 0 aliphatic rings. The third kappa shape index (κ3) is 2.82. The van der Waals surface area contributed by atoms with Gasteiger partial charge in [0.1, 0.15) is 11.3 Å². The fourth-order valence-electron chi connectivity index (χ4n) is 2.15. The van der Waals surface area contributed by atoms with E-state index in [4.69, 9.17) is 4.42 Å². The highest BCUT2D eigenvalue weighted by Gasteiger charge is 2.16. The van der Waals surface area contributed by atoms with Crippen LogP contribution in [-0.4, -0.2) is 10.9 Å². The molecule has 112 valence electrons. The number of aromatic nitrogens is 1. The van der Waals surface area contributed by atoms with Gasteiger partial charge >= 0.3 is 0 Å². The molecule has 1 atom stereocenters. The molecule has 5 nitrogen and oxygen atoms in total. The Labute approximate surface area is 134 Å². The van der Waals surface area contributed by atoms with Gasteiger partial charge in [-0.15, -0.1) is 0 Å². The molecule has 22 heavy (non-hydrogen) atoms. The first-order valence-electron chi connectivity index (χ1n) is 6.72. The van der Waals surface area contributed by atoms with Gasteiger partial charge in [0.05, 0.1) is 16.1 Å². The van der Waals surface area contributed by atoms with Crippen molar-refractivity contribution in [3.8, 4) is 0 Å². The number of amides is 1. The van der Waals surface area contributed by atoms with E-state index in [0.717, 1.165) is 11.0 Å². The second-order valence-electron chi connectivity index (χ2n) is 4.95. The number of aromatic amines is 1. The number of carbonyl (C=O) groups excluding carboxylic acids is 1. The number of para-hydroxylation sites is 1. The molecule has 0 bridgehead atoms. The van der Waals surface area contributed by atoms with Gasteiger partial charge in [-0.1, -0.05) is 18.2 Å². The van der Waals surface area contributed by atoms with Crippen LogP contribution < -0.4 is 10.9 Å². The van der Waals surface area contributed by atoms with Crippen molar-refractivity contribution in [2.45, 2.75) is 13.0 Å². The van der Waals surface area contributed by atoms with Gasteiger partial charge in [0.25, 0.3) is 11.5 Å². The van der Waals surface area contributed by atoms with Crippen LogP contribution in [0.5, 0.6) is 0 Å². The Morgan fingerprint density at radius 3 is 2.82 bits per heavy atom. The van der Waals surface area contributed by atoms with E-state index in [0.29, 0.717) is 15.8 Å². The van der Waals surface area contributed by atoms with Crippen molar-refractivity contribution in [2.24, 2.45) is 0 Å². The normalized spacial score (nSPS) is 12.3. The van der Waals surface area contributed by atoms with E-state index in [1.165, 1.54) is 12.3 Å². The van der Waals surface area contributed by atoms with Crippen molar-refractivity contribution in [1.29, 1.82) is 0 Å². The number of carbonyl (C=O) groups is 1. The summed E-state index contributed by atoms with van der Waals surface area (Å²) in [5.74, 6) is 0.392. The molecule has 0 spiro atoms. The molecule has 0 saturated heterocycles. The number of nitrogens with one attached hydrogen (secondary N) is 2. The van der Waals surface area contributed by atoms with Crippen molar-refractivity contribution in [3.05, 3.63) is 68.7 Å². The van der Waals surface area contributed by atoms with Crippen LogP contribution in [0.1, 0.15) is 29.1 Å². The number of H-pyrrole nitrogens is 1. The summed E-state index contributed by atoms with van der Waals surface area (Å²) < 4.78 is 6.04. The van der Waals surface area contributed by atoms with Crippen LogP contribution >= 0.6 is 15.9 Å². The Balaban J connectivity index is 1.80. The summed E-state index contributed by atoms with van der Waals surface area (Å²) in [6, 6.07) is 10.8. The van der Waals surface area contributed by atoms with E-state index >= 15 is 0 Å². The zero-order valence-corrected chi connectivity index (χ0v) is 13.3. The zero-order valence-electron chi connectivity index (χ0n) is 11.7. The van der Waals surface area contributed by atoms with E-state index in [-0.39, 0.29) is 17.5 Å². The Morgan fingerprint density at radius 1 is 1.32 bits per heavy atom. The summed E-state index contributed by atoms with van der Waals surface area (Å²) in [5, 5.41) is 3.84. The van der Waals surface area contributed by atoms with Crippen LogP contribution in [-0.2, 0) is 0 Å². The molecule has 1 amide bonds. The number of rotatable bonds is 3. The maximum Gasteiger partial charge on any atom is 0.262 e. The van der Waals surface area contributed by atoms with E-state index in [1.54, 1.807) is 0 Å². The minimum absolute atomic E-state index is 0.276. The van der Waals surface area contributed by atoms with Crippen LogP contribution in [0.15, 0.2) is 56.3 Å². The molecule has 0 fully saturated rings. The summed E-state index contributed by atoms with van der Waals surface area (Å²) >= 11 is 3.11. The molecule has 3 aromatic rings. The second kappa shape index (κ2) is 5.81. The molecular formula is C16H13BrN2O3. The molecule has 2 N–H and O–H groups in total. The number of benzene rings is 1. The van der Waals surface area contributed by atoms with Crippen LogP contribution in [0.2, 0.25) is 0 Å². The molecule has 2 aromatic heterocycles. The number of hydrogen-bond donors (Lipinski definition) is 2.